The number of hydrogen-bond donors (Lipinski definition) is 0. The fraction of sp³-hybridized carbons (Fsp3) is 0.623. The number of ether oxygens (including phenoxy) is 5. The van der Waals surface area contributed by atoms with E-state index in [-0.39, 0.29) is 65.6 Å². The number of ketones is 1. The predicted molar refractivity (Wildman–Crippen MR) is 256 cm³/mol. The monoisotopic (exact) mass is 970 g/mol. The Hall–Kier alpha value is -4.86. The van der Waals surface area contributed by atoms with Crippen LogP contribution in [0.5, 0.6) is 11.5 Å². The van der Waals surface area contributed by atoms with Gasteiger partial charge in [-0.3, -0.25) is 24.0 Å². The van der Waals surface area contributed by atoms with Crippen LogP contribution in [0.25, 0.3) is 4.85 Å². The van der Waals surface area contributed by atoms with Crippen LogP contribution in [0.15, 0.2) is 57.2 Å². The van der Waals surface area contributed by atoms with Gasteiger partial charge >= 0.3 is 29.8 Å². The lowest BCUT2D eigenvalue weighted by molar-refractivity contribution is -0.151. The van der Waals surface area contributed by atoms with E-state index in [1.807, 2.05) is 6.07 Å². The first kappa shape index (κ1) is 52.5. The molecule has 0 spiro atoms. The lowest BCUT2D eigenvalue weighted by Crippen LogP contribution is -2.31. The van der Waals surface area contributed by atoms with Gasteiger partial charge in [0.2, 0.25) is 0 Å². The molecule has 1 aromatic rings. The summed E-state index contributed by atoms with van der Waals surface area (Å²) >= 11 is 2.37. The molecule has 0 radical (unpaired) electrons. The smallest absolute Gasteiger partial charge is 0.330 e. The van der Waals surface area contributed by atoms with Gasteiger partial charge in [0.05, 0.1) is 70.2 Å². The van der Waals surface area contributed by atoms with Gasteiger partial charge in [0, 0.05) is 12.5 Å². The average molecular weight is 971 g/mol. The minimum absolute atomic E-state index is 0.0393. The zero-order valence-electron chi connectivity index (χ0n) is 39.2. The van der Waals surface area contributed by atoms with E-state index in [0.29, 0.717) is 107 Å². The number of nitriles is 1. The summed E-state index contributed by atoms with van der Waals surface area (Å²) in [7, 11) is 0. The van der Waals surface area contributed by atoms with Gasteiger partial charge in [-0.05, 0) is 177 Å². The lowest BCUT2D eigenvalue weighted by Gasteiger charge is -2.36. The summed E-state index contributed by atoms with van der Waals surface area (Å²) in [4.78, 5) is 79.9. The van der Waals surface area contributed by atoms with E-state index in [1.54, 1.807) is 12.1 Å². The van der Waals surface area contributed by atoms with E-state index in [9.17, 15) is 34.0 Å². The molecule has 0 bridgehead atoms. The number of fused-ring (bicyclic) bond motifs is 1. The fourth-order valence-electron chi connectivity index (χ4n) is 10.7. The number of rotatable bonds is 21. The van der Waals surface area contributed by atoms with E-state index < -0.39 is 5.97 Å². The Balaban J connectivity index is 0.933. The third-order valence-corrected chi connectivity index (χ3v) is 17.4. The van der Waals surface area contributed by atoms with Crippen LogP contribution in [0.4, 0.5) is 0 Å². The summed E-state index contributed by atoms with van der Waals surface area (Å²) in [6.07, 6.45) is 20.1. The second kappa shape index (κ2) is 26.8. The van der Waals surface area contributed by atoms with Crippen LogP contribution >= 0.6 is 23.5 Å². The number of esters is 5. The first-order valence-corrected chi connectivity index (χ1v) is 26.4. The molecule has 6 rings (SSSR count). The summed E-state index contributed by atoms with van der Waals surface area (Å²) < 4.78 is 28.6. The number of carbonyl (C=O) groups is 6. The van der Waals surface area contributed by atoms with Crippen LogP contribution in [0.2, 0.25) is 0 Å². The quantitative estimate of drug-likeness (QED) is 0.0216. The molecule has 13 nitrogen and oxygen atoms in total. The molecule has 1 aliphatic heterocycles. The van der Waals surface area contributed by atoms with Gasteiger partial charge in [0.25, 0.3) is 5.70 Å². The van der Waals surface area contributed by atoms with Crippen molar-refractivity contribution in [1.82, 2.24) is 0 Å². The maximum Gasteiger partial charge on any atom is 0.330 e. The number of carbonyl (C=O) groups excluding carboxylic acids is 6. The van der Waals surface area contributed by atoms with Crippen LogP contribution in [-0.2, 0) is 43.0 Å². The highest BCUT2D eigenvalue weighted by Gasteiger charge is 2.39. The van der Waals surface area contributed by atoms with Crippen LogP contribution < -0.4 is 9.47 Å². The molecular weight excluding hydrogens is 905 g/mol. The van der Waals surface area contributed by atoms with Crippen molar-refractivity contribution < 1.29 is 52.5 Å². The summed E-state index contributed by atoms with van der Waals surface area (Å²) in [5.74, 6) is 0.595. The molecule has 5 aliphatic rings. The molecule has 366 valence electrons. The van der Waals surface area contributed by atoms with Gasteiger partial charge in [0.15, 0.2) is 5.78 Å². The van der Waals surface area contributed by atoms with Crippen molar-refractivity contribution in [2.75, 3.05) is 19.8 Å². The standard InChI is InChI=1S/C53H66N2O11S2/c1-4-42(56)11-7-6-8-31-63-49(58)38-20-12-34(13-21-38)36-16-24-40(25-17-36)51(60)65-44-28-29-45(48-47(44)67-53(68-48)43(33-54)55-3)66-52(61)41-26-18-37(19-27-41)35-14-22-39(23-15-35)50(59)64-32-10-9-30-62-46(57)5-2/h4-5,28-29,34-41H,1-2,6-27,30-32H2/b53-43-. The normalized spacial score (nSPS) is 26.3. The Morgan fingerprint density at radius 2 is 0.956 bits per heavy atom. The molecule has 1 heterocycles. The molecule has 0 atom stereocenters. The molecule has 0 unspecified atom stereocenters. The summed E-state index contributed by atoms with van der Waals surface area (Å²) in [6.45, 7) is 15.4. The molecule has 15 heteroatoms. The van der Waals surface area contributed by atoms with Crippen molar-refractivity contribution in [2.24, 2.45) is 47.3 Å². The number of benzene rings is 1. The van der Waals surface area contributed by atoms with E-state index in [4.69, 9.17) is 30.3 Å². The predicted octanol–water partition coefficient (Wildman–Crippen LogP) is 11.4. The van der Waals surface area contributed by atoms with Crippen molar-refractivity contribution >= 4 is 59.2 Å². The average Bonchev–Trinajstić information content (AvgIpc) is 3.83. The minimum Gasteiger partial charge on any atom is -0.465 e. The molecule has 0 aromatic heterocycles. The highest BCUT2D eigenvalue weighted by molar-refractivity contribution is 8.24. The van der Waals surface area contributed by atoms with Crippen molar-refractivity contribution in [3.63, 3.8) is 0 Å². The number of allylic oxidation sites excluding steroid dienone is 2. The first-order valence-electron chi connectivity index (χ1n) is 24.8. The highest BCUT2D eigenvalue weighted by Crippen LogP contribution is 2.59. The lowest BCUT2D eigenvalue weighted by atomic mass is 9.69. The Bertz CT molecular complexity index is 1960. The van der Waals surface area contributed by atoms with Gasteiger partial charge in [-0.2, -0.15) is 0 Å². The van der Waals surface area contributed by atoms with Crippen molar-refractivity contribution in [3.8, 4) is 17.6 Å². The SMILES string of the molecule is [C-]#[N+]/C(C#N)=C1/Sc2c(OC(=O)C3CCC(C4CCC(C(=O)OCCCCCC(=O)C=C)CC4)CC3)ccc(OC(=O)C3CCC(C4CCC(C(=O)OCCCCOC(=O)C=C)CC4)CC3)c2S1. The van der Waals surface area contributed by atoms with Crippen LogP contribution in [-0.4, -0.2) is 55.5 Å². The van der Waals surface area contributed by atoms with Gasteiger partial charge in [-0.1, -0.05) is 36.7 Å². The zero-order valence-corrected chi connectivity index (χ0v) is 40.9. The number of unbranched alkanes of at least 4 members (excludes halogenated alkanes) is 3. The largest absolute Gasteiger partial charge is 0.465 e. The third kappa shape index (κ3) is 14.8. The second-order valence-corrected chi connectivity index (χ2v) is 21.3. The van der Waals surface area contributed by atoms with Crippen LogP contribution in [0, 0.1) is 65.2 Å². The molecule has 4 aliphatic carbocycles. The second-order valence-electron chi connectivity index (χ2n) is 19.0. The van der Waals surface area contributed by atoms with Crippen molar-refractivity contribution in [3.05, 3.63) is 58.8 Å². The number of thioether (sulfide) groups is 2. The molecule has 1 aromatic carbocycles. The zero-order chi connectivity index (χ0) is 48.4. The number of hydrogen-bond acceptors (Lipinski definition) is 14. The van der Waals surface area contributed by atoms with Crippen LogP contribution in [0.1, 0.15) is 141 Å². The maximum absolute atomic E-state index is 13.7. The maximum atomic E-state index is 13.7. The van der Waals surface area contributed by atoms with E-state index >= 15 is 0 Å². The first-order chi connectivity index (χ1) is 33.0. The number of nitrogens with zero attached hydrogens (tertiary/aromatic N) is 2. The Morgan fingerprint density at radius 3 is 1.32 bits per heavy atom. The van der Waals surface area contributed by atoms with Gasteiger partial charge in [-0.25, -0.2) is 14.9 Å². The minimum atomic E-state index is -0.459. The van der Waals surface area contributed by atoms with Crippen molar-refractivity contribution in [2.45, 2.75) is 151 Å². The van der Waals surface area contributed by atoms with Crippen LogP contribution in [0.3, 0.4) is 0 Å². The van der Waals surface area contributed by atoms with Crippen molar-refractivity contribution in [1.29, 1.82) is 5.26 Å². The Labute approximate surface area is 409 Å². The third-order valence-electron chi connectivity index (χ3n) is 14.7. The highest BCUT2D eigenvalue weighted by atomic mass is 32.2. The molecule has 4 fully saturated rings. The van der Waals surface area contributed by atoms with Gasteiger partial charge in [-0.15, -0.1) is 0 Å². The van der Waals surface area contributed by atoms with E-state index in [0.717, 1.165) is 102 Å². The summed E-state index contributed by atoms with van der Waals surface area (Å²) in [5.41, 5.74) is -0.0786. The molecule has 4 saturated carbocycles. The van der Waals surface area contributed by atoms with E-state index in [1.165, 1.54) is 29.6 Å². The summed E-state index contributed by atoms with van der Waals surface area (Å²) in [6, 6.07) is 5.26. The molecule has 0 saturated heterocycles. The fourth-order valence-corrected chi connectivity index (χ4v) is 13.2. The van der Waals surface area contributed by atoms with Gasteiger partial charge in [0.1, 0.15) is 11.5 Å². The Kier molecular flexibility index (Phi) is 20.7. The van der Waals surface area contributed by atoms with E-state index in [2.05, 4.69) is 18.0 Å². The molecule has 68 heavy (non-hydrogen) atoms. The molecule has 0 amide bonds. The summed E-state index contributed by atoms with van der Waals surface area (Å²) in [5, 5.41) is 9.71. The Morgan fingerprint density at radius 1 is 0.574 bits per heavy atom. The molecular formula is C53H66N2O11S2. The van der Waals surface area contributed by atoms with Gasteiger partial charge < -0.3 is 23.7 Å². The topological polar surface area (TPSA) is 177 Å². The molecule has 0 N–H and O–H groups in total.